The Kier molecular flexibility index (Phi) is 3.59. The van der Waals surface area contributed by atoms with Gasteiger partial charge in [0.2, 0.25) is 0 Å². The van der Waals surface area contributed by atoms with Crippen molar-refractivity contribution in [2.75, 3.05) is 0 Å². The second-order valence-electron chi connectivity index (χ2n) is 2.92. The molecule has 0 spiro atoms. The molecule has 2 radical (unpaired) electrons. The van der Waals surface area contributed by atoms with E-state index in [1.165, 1.54) is 32.1 Å². The van der Waals surface area contributed by atoms with E-state index < -0.39 is 0 Å². The lowest BCUT2D eigenvalue weighted by Gasteiger charge is -2.23. The Hall–Kier alpha value is -0.350. The number of nitrogens with zero attached hydrogens (tertiary/aromatic N) is 1. The van der Waals surface area contributed by atoms with Crippen LogP contribution in [0, 0.1) is 0 Å². The molecule has 1 aliphatic rings. The number of nitrogens with one attached hydrogen (secondary N) is 2. The maximum atomic E-state index is 8.41. The van der Waals surface area contributed by atoms with Gasteiger partial charge in [0.25, 0.3) is 0 Å². The lowest BCUT2D eigenvalue weighted by molar-refractivity contribution is 0.412. The maximum Gasteiger partial charge on any atom is 0.183 e. The Morgan fingerprint density at radius 1 is 1.27 bits per heavy atom. The molecule has 4 heteroatoms. The van der Waals surface area contributed by atoms with Crippen LogP contribution in [-0.2, 0) is 0 Å². The highest BCUT2D eigenvalue weighted by Crippen LogP contribution is 2.16. The summed E-state index contributed by atoms with van der Waals surface area (Å²) in [6.07, 6.45) is 6.21. The molecule has 0 atom stereocenters. The summed E-state index contributed by atoms with van der Waals surface area (Å²) in [7, 11) is 0. The molecule has 11 heavy (non-hydrogen) atoms. The average molecular weight is 171 g/mol. The van der Waals surface area contributed by atoms with Crippen molar-refractivity contribution in [1.29, 1.82) is 0 Å². The van der Waals surface area contributed by atoms with Gasteiger partial charge in [-0.05, 0) is 30.9 Å². The first-order valence-electron chi connectivity index (χ1n) is 4.03. The van der Waals surface area contributed by atoms with E-state index in [0.29, 0.717) is 11.2 Å². The molecular formula is C7H13N3S. The monoisotopic (exact) mass is 171 g/mol. The number of hydrogen-bond donors (Lipinski definition) is 2. The molecule has 0 aromatic carbocycles. The van der Waals surface area contributed by atoms with E-state index in [9.17, 15) is 0 Å². The van der Waals surface area contributed by atoms with Gasteiger partial charge >= 0.3 is 0 Å². The van der Waals surface area contributed by atoms with Crippen LogP contribution in [0.25, 0.3) is 0 Å². The van der Waals surface area contributed by atoms with Gasteiger partial charge in [0, 0.05) is 6.04 Å². The highest BCUT2D eigenvalue weighted by molar-refractivity contribution is 7.80. The lowest BCUT2D eigenvalue weighted by atomic mass is 9.96. The Bertz CT molecular complexity index is 132. The lowest BCUT2D eigenvalue weighted by Crippen LogP contribution is -2.42. The zero-order valence-electron chi connectivity index (χ0n) is 6.47. The van der Waals surface area contributed by atoms with Crippen LogP contribution in [0.5, 0.6) is 0 Å². The topological polar surface area (TPSA) is 46.4 Å². The van der Waals surface area contributed by atoms with Crippen LogP contribution in [0.4, 0.5) is 0 Å². The molecule has 1 saturated carbocycles. The molecule has 1 fully saturated rings. The second-order valence-corrected chi connectivity index (χ2v) is 3.33. The molecular weight excluding hydrogens is 158 g/mol. The van der Waals surface area contributed by atoms with Gasteiger partial charge in [-0.15, -0.1) is 0 Å². The second kappa shape index (κ2) is 4.51. The van der Waals surface area contributed by atoms with Gasteiger partial charge in [-0.1, -0.05) is 19.3 Å². The fourth-order valence-corrected chi connectivity index (χ4v) is 1.63. The van der Waals surface area contributed by atoms with Crippen LogP contribution in [0.15, 0.2) is 0 Å². The van der Waals surface area contributed by atoms with E-state index >= 15 is 0 Å². The molecule has 0 amide bonds. The predicted molar refractivity (Wildman–Crippen MR) is 47.9 cm³/mol. The Morgan fingerprint density at radius 3 is 2.45 bits per heavy atom. The Morgan fingerprint density at radius 2 is 1.91 bits per heavy atom. The van der Waals surface area contributed by atoms with E-state index in [1.807, 2.05) is 5.43 Å². The zero-order chi connectivity index (χ0) is 8.10. The summed E-state index contributed by atoms with van der Waals surface area (Å²) in [4.78, 5) is 0. The van der Waals surface area contributed by atoms with Crippen molar-refractivity contribution >= 4 is 17.3 Å². The van der Waals surface area contributed by atoms with Crippen molar-refractivity contribution in [3.05, 3.63) is 0 Å². The van der Waals surface area contributed by atoms with Crippen molar-refractivity contribution in [3.63, 3.8) is 0 Å². The smallest absolute Gasteiger partial charge is 0.183 e. The molecule has 0 aromatic heterocycles. The van der Waals surface area contributed by atoms with Gasteiger partial charge in [0.15, 0.2) is 5.11 Å². The molecule has 1 rings (SSSR count). The number of thiocarbonyl (C=S) groups is 1. The highest BCUT2D eigenvalue weighted by Gasteiger charge is 2.13. The number of hydrogen-bond acceptors (Lipinski definition) is 1. The Balaban J connectivity index is 2.19. The third kappa shape index (κ3) is 3.03. The average Bonchev–Trinajstić information content (AvgIpc) is 2.06. The normalized spacial score (nSPS) is 19.4. The third-order valence-corrected chi connectivity index (χ3v) is 2.25. The number of rotatable bonds is 1. The SMILES string of the molecule is [N]NC(=S)NC1CCCCC1. The minimum absolute atomic E-state index is 0.344. The standard InChI is InChI=1S/C7H13N3S/c8-10-7(11)9-6-4-2-1-3-5-6/h6H,1-5H2,(H2,9,10,11). The van der Waals surface area contributed by atoms with Crippen molar-refractivity contribution in [1.82, 2.24) is 16.6 Å². The van der Waals surface area contributed by atoms with Gasteiger partial charge in [-0.3, -0.25) is 5.43 Å². The maximum absolute atomic E-state index is 8.41. The fourth-order valence-electron chi connectivity index (χ4n) is 1.46. The van der Waals surface area contributed by atoms with Crippen LogP contribution in [0.2, 0.25) is 0 Å². The molecule has 62 valence electrons. The summed E-state index contributed by atoms with van der Waals surface area (Å²) < 4.78 is 0. The molecule has 0 unspecified atom stereocenters. The van der Waals surface area contributed by atoms with Crippen molar-refractivity contribution in [2.24, 2.45) is 0 Å². The fraction of sp³-hybridized carbons (Fsp3) is 0.857. The zero-order valence-corrected chi connectivity index (χ0v) is 7.28. The van der Waals surface area contributed by atoms with Crippen molar-refractivity contribution < 1.29 is 0 Å². The highest BCUT2D eigenvalue weighted by atomic mass is 32.1. The van der Waals surface area contributed by atoms with Gasteiger partial charge < -0.3 is 5.32 Å². The first kappa shape index (κ1) is 8.74. The third-order valence-electron chi connectivity index (χ3n) is 2.04. The van der Waals surface area contributed by atoms with Crippen molar-refractivity contribution in [3.8, 4) is 0 Å². The minimum Gasteiger partial charge on any atom is -0.359 e. The van der Waals surface area contributed by atoms with E-state index in [4.69, 9.17) is 18.1 Å². The molecule has 0 aromatic rings. The minimum atomic E-state index is 0.344. The van der Waals surface area contributed by atoms with Crippen molar-refractivity contribution in [2.45, 2.75) is 38.1 Å². The summed E-state index contributed by atoms with van der Waals surface area (Å²) in [6, 6.07) is 0.468. The van der Waals surface area contributed by atoms with E-state index in [1.54, 1.807) is 0 Å². The van der Waals surface area contributed by atoms with E-state index in [2.05, 4.69) is 5.32 Å². The quantitative estimate of drug-likeness (QED) is 0.452. The van der Waals surface area contributed by atoms with Gasteiger partial charge in [0.05, 0.1) is 0 Å². The van der Waals surface area contributed by atoms with Gasteiger partial charge in [-0.2, -0.15) is 0 Å². The van der Waals surface area contributed by atoms with E-state index in [-0.39, 0.29) is 0 Å². The largest absolute Gasteiger partial charge is 0.359 e. The van der Waals surface area contributed by atoms with Crippen LogP contribution in [0.1, 0.15) is 32.1 Å². The molecule has 1 aliphatic carbocycles. The first-order valence-corrected chi connectivity index (χ1v) is 4.44. The Labute approximate surface area is 72.7 Å². The van der Waals surface area contributed by atoms with Crippen LogP contribution < -0.4 is 16.6 Å². The molecule has 2 N–H and O–H groups in total. The van der Waals surface area contributed by atoms with Gasteiger partial charge in [0.1, 0.15) is 0 Å². The van der Waals surface area contributed by atoms with Gasteiger partial charge in [-0.25, -0.2) is 0 Å². The van der Waals surface area contributed by atoms with Crippen LogP contribution >= 0.6 is 12.2 Å². The first-order chi connectivity index (χ1) is 5.33. The molecule has 0 aliphatic heterocycles. The predicted octanol–water partition coefficient (Wildman–Crippen LogP) is 0.767. The summed E-state index contributed by atoms with van der Waals surface area (Å²) in [6.45, 7) is 0. The molecule has 0 heterocycles. The summed E-state index contributed by atoms with van der Waals surface area (Å²) in [5.74, 6) is 8.41. The molecule has 0 saturated heterocycles. The van der Waals surface area contributed by atoms with Crippen LogP contribution in [0.3, 0.4) is 0 Å². The summed E-state index contributed by atoms with van der Waals surface area (Å²) in [5.41, 5.74) is 1.93. The molecule has 0 bridgehead atoms. The molecule has 3 nitrogen and oxygen atoms in total. The van der Waals surface area contributed by atoms with E-state index in [0.717, 1.165) is 0 Å². The summed E-state index contributed by atoms with van der Waals surface area (Å²) in [5, 5.41) is 3.38. The van der Waals surface area contributed by atoms with Crippen LogP contribution in [-0.4, -0.2) is 11.2 Å². The summed E-state index contributed by atoms with van der Waals surface area (Å²) >= 11 is 4.76.